The van der Waals surface area contributed by atoms with Gasteiger partial charge in [0.2, 0.25) is 0 Å². The maximum absolute atomic E-state index is 6.07. The van der Waals surface area contributed by atoms with E-state index in [1.165, 1.54) is 11.1 Å². The first-order valence-electron chi connectivity index (χ1n) is 9.47. The third-order valence-electron chi connectivity index (χ3n) is 3.81. The van der Waals surface area contributed by atoms with Crippen LogP contribution in [0.2, 0.25) is 0 Å². The van der Waals surface area contributed by atoms with Crippen LogP contribution in [0.1, 0.15) is 59.9 Å². The summed E-state index contributed by atoms with van der Waals surface area (Å²) in [4.78, 5) is 2.36. The molecule has 1 saturated heterocycles. The summed E-state index contributed by atoms with van der Waals surface area (Å²) in [7, 11) is 2.17. The molecule has 0 spiro atoms. The molecule has 2 heteroatoms. The number of hydrogen-bond acceptors (Lipinski definition) is 2. The lowest BCUT2D eigenvalue weighted by Gasteiger charge is -2.29. The molecule has 24 heavy (non-hydrogen) atoms. The Morgan fingerprint density at radius 2 is 1.54 bits per heavy atom. The molecule has 0 radical (unpaired) electrons. The van der Waals surface area contributed by atoms with E-state index in [0.717, 1.165) is 31.7 Å². The van der Waals surface area contributed by atoms with Crippen molar-refractivity contribution in [1.29, 1.82) is 0 Å². The van der Waals surface area contributed by atoms with Gasteiger partial charge in [0, 0.05) is 13.1 Å². The average Bonchev–Trinajstić information content (AvgIpc) is 2.66. The van der Waals surface area contributed by atoms with Crippen molar-refractivity contribution in [3.8, 4) is 5.75 Å². The Hall–Kier alpha value is -1.54. The smallest absolute Gasteiger partial charge is 0.119 e. The molecular formula is C22H37NO. The van der Waals surface area contributed by atoms with E-state index in [1.807, 2.05) is 34.6 Å². The van der Waals surface area contributed by atoms with Crippen molar-refractivity contribution in [3.05, 3.63) is 48.1 Å². The second-order valence-corrected chi connectivity index (χ2v) is 5.39. The fourth-order valence-electron chi connectivity index (χ4n) is 2.56. The van der Waals surface area contributed by atoms with Crippen LogP contribution >= 0.6 is 0 Å². The third kappa shape index (κ3) is 7.83. The van der Waals surface area contributed by atoms with E-state index in [4.69, 9.17) is 4.74 Å². The van der Waals surface area contributed by atoms with Crippen LogP contribution in [0.25, 0.3) is 5.57 Å². The molecule has 0 aromatic heterocycles. The number of benzene rings is 1. The summed E-state index contributed by atoms with van der Waals surface area (Å²) < 4.78 is 6.07. The van der Waals surface area contributed by atoms with Crippen LogP contribution in [0, 0.1) is 0 Å². The van der Waals surface area contributed by atoms with Crippen LogP contribution < -0.4 is 4.74 Å². The van der Waals surface area contributed by atoms with Crippen LogP contribution in [0.15, 0.2) is 42.5 Å². The van der Waals surface area contributed by atoms with Crippen molar-refractivity contribution in [2.45, 2.75) is 60.5 Å². The zero-order valence-electron chi connectivity index (χ0n) is 16.8. The highest BCUT2D eigenvalue weighted by Gasteiger charge is 2.17. The van der Waals surface area contributed by atoms with Crippen LogP contribution in [0.5, 0.6) is 5.75 Å². The van der Waals surface area contributed by atoms with Gasteiger partial charge in [-0.25, -0.2) is 0 Å². The van der Waals surface area contributed by atoms with E-state index < -0.39 is 0 Å². The zero-order valence-corrected chi connectivity index (χ0v) is 16.8. The van der Waals surface area contributed by atoms with E-state index in [2.05, 4.69) is 61.4 Å². The first kappa shape index (κ1) is 22.5. The third-order valence-corrected chi connectivity index (χ3v) is 3.81. The minimum Gasteiger partial charge on any atom is -0.490 e. The molecule has 2 nitrogen and oxygen atoms in total. The van der Waals surface area contributed by atoms with Gasteiger partial charge in [0.25, 0.3) is 0 Å². The van der Waals surface area contributed by atoms with Gasteiger partial charge in [-0.2, -0.15) is 0 Å². The van der Waals surface area contributed by atoms with Crippen molar-refractivity contribution in [2.24, 2.45) is 0 Å². The molecule has 136 valence electrons. The van der Waals surface area contributed by atoms with Crippen molar-refractivity contribution in [3.63, 3.8) is 0 Å². The standard InChI is InChI=1S/C18H25NO.2C2H6/c1-4-6-15(5-2)16-7-9-17(10-8-16)20-18-11-13-19(3)14-12-18;2*1-2/h4-10,18H,11-14H2,1-3H3;2*1-2H3/b6-4-,15-5+;;. The summed E-state index contributed by atoms with van der Waals surface area (Å²) in [5, 5.41) is 0. The predicted molar refractivity (Wildman–Crippen MR) is 109 cm³/mol. The SMILES string of the molecule is C/C=C\C(=C/C)c1ccc(OC2CCN(C)CC2)cc1.CC.CC. The quantitative estimate of drug-likeness (QED) is 0.610. The highest BCUT2D eigenvalue weighted by molar-refractivity contribution is 5.73. The normalized spacial score (nSPS) is 16.0. The first-order valence-corrected chi connectivity index (χ1v) is 9.47. The Labute approximate surface area is 150 Å². The summed E-state index contributed by atoms with van der Waals surface area (Å²) in [5.74, 6) is 0.985. The molecule has 0 saturated carbocycles. The van der Waals surface area contributed by atoms with Crippen molar-refractivity contribution in [2.75, 3.05) is 20.1 Å². The number of likely N-dealkylation sites (tertiary alicyclic amines) is 1. The molecule has 1 aromatic rings. The van der Waals surface area contributed by atoms with Gasteiger partial charge in [-0.3, -0.25) is 0 Å². The van der Waals surface area contributed by atoms with Gasteiger partial charge in [-0.05, 0) is 57.0 Å². The Morgan fingerprint density at radius 1 is 1.00 bits per heavy atom. The van der Waals surface area contributed by atoms with E-state index in [1.54, 1.807) is 0 Å². The molecule has 0 amide bonds. The summed E-state index contributed by atoms with van der Waals surface area (Å²) in [6.07, 6.45) is 8.94. The summed E-state index contributed by atoms with van der Waals surface area (Å²) in [6.45, 7) is 14.4. The molecule has 1 aliphatic heterocycles. The fraction of sp³-hybridized carbons (Fsp3) is 0.545. The molecule has 1 heterocycles. The molecule has 1 aliphatic rings. The number of hydrogen-bond donors (Lipinski definition) is 0. The maximum atomic E-state index is 6.07. The minimum atomic E-state index is 0.369. The van der Waals surface area contributed by atoms with Crippen LogP contribution in [0.4, 0.5) is 0 Å². The van der Waals surface area contributed by atoms with Crippen LogP contribution in [-0.2, 0) is 0 Å². The van der Waals surface area contributed by atoms with Crippen molar-refractivity contribution >= 4 is 5.57 Å². The average molecular weight is 332 g/mol. The Bertz CT molecular complexity index is 465. The maximum Gasteiger partial charge on any atom is 0.119 e. The van der Waals surface area contributed by atoms with E-state index in [9.17, 15) is 0 Å². The largest absolute Gasteiger partial charge is 0.490 e. The van der Waals surface area contributed by atoms with Gasteiger partial charge < -0.3 is 9.64 Å². The second-order valence-electron chi connectivity index (χ2n) is 5.39. The highest BCUT2D eigenvalue weighted by Crippen LogP contribution is 2.22. The Balaban J connectivity index is 0.00000123. The number of allylic oxidation sites excluding steroid dienone is 4. The lowest BCUT2D eigenvalue weighted by molar-refractivity contribution is 0.114. The van der Waals surface area contributed by atoms with Gasteiger partial charge >= 0.3 is 0 Å². The summed E-state index contributed by atoms with van der Waals surface area (Å²) in [6, 6.07) is 8.44. The molecule has 0 N–H and O–H groups in total. The van der Waals surface area contributed by atoms with Gasteiger partial charge in [0.15, 0.2) is 0 Å². The first-order chi connectivity index (χ1) is 11.7. The van der Waals surface area contributed by atoms with E-state index in [-0.39, 0.29) is 0 Å². The molecule has 2 rings (SSSR count). The second kappa shape index (κ2) is 13.9. The lowest BCUT2D eigenvalue weighted by Crippen LogP contribution is -2.35. The summed E-state index contributed by atoms with van der Waals surface area (Å²) in [5.41, 5.74) is 2.49. The number of nitrogens with zero attached hydrogens (tertiary/aromatic N) is 1. The predicted octanol–water partition coefficient (Wildman–Crippen LogP) is 6.19. The molecule has 0 atom stereocenters. The Kier molecular flexibility index (Phi) is 13.0. The highest BCUT2D eigenvalue weighted by atomic mass is 16.5. The summed E-state index contributed by atoms with van der Waals surface area (Å²) >= 11 is 0. The van der Waals surface area contributed by atoms with Gasteiger partial charge in [-0.1, -0.05) is 58.1 Å². The zero-order chi connectivity index (χ0) is 18.4. The van der Waals surface area contributed by atoms with Gasteiger partial charge in [-0.15, -0.1) is 0 Å². The molecular weight excluding hydrogens is 294 g/mol. The van der Waals surface area contributed by atoms with Gasteiger partial charge in [0.1, 0.15) is 11.9 Å². The minimum absolute atomic E-state index is 0.369. The number of rotatable bonds is 4. The van der Waals surface area contributed by atoms with E-state index in [0.29, 0.717) is 6.10 Å². The molecule has 0 aliphatic carbocycles. The van der Waals surface area contributed by atoms with Crippen LogP contribution in [-0.4, -0.2) is 31.1 Å². The molecule has 1 aromatic carbocycles. The Morgan fingerprint density at radius 3 is 2.00 bits per heavy atom. The molecule has 0 bridgehead atoms. The van der Waals surface area contributed by atoms with Crippen LogP contribution in [0.3, 0.4) is 0 Å². The molecule has 0 unspecified atom stereocenters. The monoisotopic (exact) mass is 331 g/mol. The van der Waals surface area contributed by atoms with Crippen molar-refractivity contribution in [1.82, 2.24) is 4.90 Å². The molecule has 1 fully saturated rings. The fourth-order valence-corrected chi connectivity index (χ4v) is 2.56. The van der Waals surface area contributed by atoms with E-state index >= 15 is 0 Å². The number of piperidine rings is 1. The lowest BCUT2D eigenvalue weighted by atomic mass is 10.0. The topological polar surface area (TPSA) is 12.5 Å². The van der Waals surface area contributed by atoms with Crippen molar-refractivity contribution < 1.29 is 4.74 Å². The number of ether oxygens (including phenoxy) is 1. The van der Waals surface area contributed by atoms with Gasteiger partial charge in [0.05, 0.1) is 0 Å².